The molecule has 2 aliphatic heterocycles. The first kappa shape index (κ1) is 20.2. The molecule has 0 atom stereocenters. The number of nitrogens with zero attached hydrogens (tertiary/aromatic N) is 3. The molecule has 1 amide bonds. The molecule has 154 valence electrons. The van der Waals surface area contributed by atoms with Gasteiger partial charge in [0.1, 0.15) is 12.0 Å². The van der Waals surface area contributed by atoms with E-state index in [-0.39, 0.29) is 11.3 Å². The van der Waals surface area contributed by atoms with E-state index < -0.39 is 0 Å². The minimum atomic E-state index is 0.103. The fourth-order valence-electron chi connectivity index (χ4n) is 4.73. The summed E-state index contributed by atoms with van der Waals surface area (Å²) in [6, 6.07) is 8.39. The van der Waals surface area contributed by atoms with Crippen LogP contribution in [0.15, 0.2) is 29.6 Å². The number of rotatable bonds is 5. The fraction of sp³-hybridized carbons (Fsp3) is 0.522. The van der Waals surface area contributed by atoms with Crippen LogP contribution < -0.4 is 0 Å². The summed E-state index contributed by atoms with van der Waals surface area (Å²) in [6.45, 7) is 6.79. The molecule has 6 heteroatoms. The molecule has 2 aliphatic rings. The molecule has 0 unspecified atom stereocenters. The van der Waals surface area contributed by atoms with Gasteiger partial charge in [-0.15, -0.1) is 11.3 Å². The van der Waals surface area contributed by atoms with Crippen molar-refractivity contribution in [3.63, 3.8) is 0 Å². The number of benzene rings is 1. The maximum atomic E-state index is 12.9. The molecule has 0 radical (unpaired) electrons. The van der Waals surface area contributed by atoms with E-state index in [0.29, 0.717) is 12.1 Å². The summed E-state index contributed by atoms with van der Waals surface area (Å²) in [5.74, 6) is 0.103. The number of piperidine rings is 2. The third kappa shape index (κ3) is 4.75. The molecule has 5 nitrogen and oxygen atoms in total. The van der Waals surface area contributed by atoms with Crippen LogP contribution in [-0.4, -0.2) is 53.2 Å². The number of thiazole rings is 1. The van der Waals surface area contributed by atoms with Gasteiger partial charge in [-0.05, 0) is 62.2 Å². The Bertz CT molecular complexity index is 853. The molecule has 0 aliphatic carbocycles. The number of amides is 1. The third-order valence-electron chi connectivity index (χ3n) is 6.45. The quantitative estimate of drug-likeness (QED) is 0.704. The first-order valence-corrected chi connectivity index (χ1v) is 11.4. The number of aromatic nitrogens is 1. The van der Waals surface area contributed by atoms with Crippen molar-refractivity contribution >= 4 is 23.5 Å². The molecular weight excluding hydrogens is 382 g/mol. The fourth-order valence-corrected chi connectivity index (χ4v) is 5.32. The summed E-state index contributed by atoms with van der Waals surface area (Å²) < 4.78 is 0. The zero-order chi connectivity index (χ0) is 20.3. The summed E-state index contributed by atoms with van der Waals surface area (Å²) >= 11 is 1.55. The van der Waals surface area contributed by atoms with Crippen LogP contribution >= 0.6 is 11.3 Å². The Labute approximate surface area is 176 Å². The average Bonchev–Trinajstić information content (AvgIpc) is 3.17. The predicted molar refractivity (Wildman–Crippen MR) is 115 cm³/mol. The van der Waals surface area contributed by atoms with Gasteiger partial charge in [0, 0.05) is 31.4 Å². The highest BCUT2D eigenvalue weighted by molar-refractivity contribution is 7.09. The van der Waals surface area contributed by atoms with Crippen molar-refractivity contribution in [2.24, 2.45) is 5.41 Å². The number of likely N-dealkylation sites (tertiary alicyclic amines) is 2. The predicted octanol–water partition coefficient (Wildman–Crippen LogP) is 3.71. The van der Waals surface area contributed by atoms with E-state index in [2.05, 4.69) is 34.1 Å². The zero-order valence-corrected chi connectivity index (χ0v) is 17.9. The van der Waals surface area contributed by atoms with E-state index in [0.717, 1.165) is 68.8 Å². The first-order valence-electron chi connectivity index (χ1n) is 10.5. The van der Waals surface area contributed by atoms with Crippen molar-refractivity contribution < 1.29 is 9.59 Å². The Balaban J connectivity index is 1.33. The first-order chi connectivity index (χ1) is 14.1. The van der Waals surface area contributed by atoms with Crippen molar-refractivity contribution in [1.29, 1.82) is 0 Å². The van der Waals surface area contributed by atoms with Gasteiger partial charge in [0.05, 0.1) is 5.01 Å². The normalized spacial score (nSPS) is 19.4. The molecule has 4 rings (SSSR count). The van der Waals surface area contributed by atoms with Crippen LogP contribution in [-0.2, 0) is 17.8 Å². The molecule has 2 aromatic rings. The molecule has 1 aromatic carbocycles. The monoisotopic (exact) mass is 411 g/mol. The van der Waals surface area contributed by atoms with Crippen LogP contribution in [0.1, 0.15) is 52.3 Å². The number of hydrogen-bond acceptors (Lipinski definition) is 5. The zero-order valence-electron chi connectivity index (χ0n) is 17.1. The van der Waals surface area contributed by atoms with E-state index in [4.69, 9.17) is 0 Å². The van der Waals surface area contributed by atoms with Gasteiger partial charge in [0.25, 0.3) is 5.91 Å². The number of aryl methyl sites for hydroxylation is 1. The molecule has 2 saturated heterocycles. The van der Waals surface area contributed by atoms with Crippen molar-refractivity contribution in [3.05, 3.63) is 51.5 Å². The Morgan fingerprint density at radius 2 is 1.86 bits per heavy atom. The molecule has 0 saturated carbocycles. The van der Waals surface area contributed by atoms with Crippen LogP contribution in [0.5, 0.6) is 0 Å². The Morgan fingerprint density at radius 1 is 1.14 bits per heavy atom. The number of hydrogen-bond donors (Lipinski definition) is 0. The van der Waals surface area contributed by atoms with Gasteiger partial charge in [-0.25, -0.2) is 4.98 Å². The van der Waals surface area contributed by atoms with Crippen molar-refractivity contribution in [1.82, 2.24) is 14.8 Å². The largest absolute Gasteiger partial charge is 0.337 e. The lowest BCUT2D eigenvalue weighted by Crippen LogP contribution is -2.51. The maximum Gasteiger partial charge on any atom is 0.273 e. The third-order valence-corrected chi connectivity index (χ3v) is 7.23. The van der Waals surface area contributed by atoms with Gasteiger partial charge in [0.15, 0.2) is 0 Å². The van der Waals surface area contributed by atoms with Gasteiger partial charge in [-0.2, -0.15) is 0 Å². The second-order valence-electron chi connectivity index (χ2n) is 8.55. The highest BCUT2D eigenvalue weighted by Gasteiger charge is 2.40. The highest BCUT2D eigenvalue weighted by Crippen LogP contribution is 2.40. The van der Waals surface area contributed by atoms with Gasteiger partial charge < -0.3 is 9.69 Å². The minimum Gasteiger partial charge on any atom is -0.337 e. The summed E-state index contributed by atoms with van der Waals surface area (Å²) in [5.41, 5.74) is 3.25. The Morgan fingerprint density at radius 3 is 2.52 bits per heavy atom. The molecule has 3 heterocycles. The van der Waals surface area contributed by atoms with Crippen LogP contribution in [0, 0.1) is 12.3 Å². The van der Waals surface area contributed by atoms with E-state index in [1.807, 2.05) is 17.2 Å². The van der Waals surface area contributed by atoms with E-state index in [9.17, 15) is 9.59 Å². The summed E-state index contributed by atoms with van der Waals surface area (Å²) in [4.78, 5) is 32.4. The molecule has 0 bridgehead atoms. The lowest BCUT2D eigenvalue weighted by molar-refractivity contribution is -0.107. The van der Waals surface area contributed by atoms with Crippen molar-refractivity contribution in [3.8, 4) is 0 Å². The lowest BCUT2D eigenvalue weighted by Gasteiger charge is -2.47. The SMILES string of the molecule is Cc1nc(C(=O)N2CCCC3(CCN(Cc4ccc(CC=O)cc4)CC3)C2)cs1. The molecular formula is C23H29N3O2S. The second-order valence-corrected chi connectivity index (χ2v) is 9.61. The van der Waals surface area contributed by atoms with E-state index in [1.54, 1.807) is 11.3 Å². The standard InChI is InChI=1S/C23H29N3O2S/c1-18-24-21(16-29-18)22(28)26-11-2-8-23(17-26)9-12-25(13-10-23)15-20-5-3-19(4-6-20)7-14-27/h3-6,14,16H,2,7-13,15,17H2,1H3. The van der Waals surface area contributed by atoms with E-state index >= 15 is 0 Å². The van der Waals surface area contributed by atoms with Crippen LogP contribution in [0.3, 0.4) is 0 Å². The van der Waals surface area contributed by atoms with E-state index in [1.165, 1.54) is 12.0 Å². The number of aldehydes is 1. The van der Waals surface area contributed by atoms with Gasteiger partial charge >= 0.3 is 0 Å². The Hall–Kier alpha value is -2.05. The van der Waals surface area contributed by atoms with Crippen LogP contribution in [0.25, 0.3) is 0 Å². The molecule has 2 fully saturated rings. The number of carbonyl (C=O) groups is 2. The second kappa shape index (κ2) is 8.76. The smallest absolute Gasteiger partial charge is 0.273 e. The van der Waals surface area contributed by atoms with Gasteiger partial charge in [-0.3, -0.25) is 9.69 Å². The van der Waals surface area contributed by atoms with Crippen molar-refractivity contribution in [2.75, 3.05) is 26.2 Å². The lowest BCUT2D eigenvalue weighted by atomic mass is 9.72. The molecule has 29 heavy (non-hydrogen) atoms. The van der Waals surface area contributed by atoms with Crippen molar-refractivity contribution in [2.45, 2.75) is 45.6 Å². The average molecular weight is 412 g/mol. The summed E-state index contributed by atoms with van der Waals surface area (Å²) in [7, 11) is 0. The Kier molecular flexibility index (Phi) is 6.11. The van der Waals surface area contributed by atoms with Gasteiger partial charge in [0.2, 0.25) is 0 Å². The summed E-state index contributed by atoms with van der Waals surface area (Å²) in [6.07, 6.45) is 6.05. The maximum absolute atomic E-state index is 12.9. The number of carbonyl (C=O) groups excluding carboxylic acids is 2. The highest BCUT2D eigenvalue weighted by atomic mass is 32.1. The molecule has 0 N–H and O–H groups in total. The van der Waals surface area contributed by atoms with Gasteiger partial charge in [-0.1, -0.05) is 24.3 Å². The molecule has 1 spiro atoms. The minimum absolute atomic E-state index is 0.103. The van der Waals surface area contributed by atoms with Crippen LogP contribution in [0.4, 0.5) is 0 Å². The summed E-state index contributed by atoms with van der Waals surface area (Å²) in [5, 5.41) is 2.84. The topological polar surface area (TPSA) is 53.5 Å². The van der Waals surface area contributed by atoms with Crippen LogP contribution in [0.2, 0.25) is 0 Å². The molecule has 1 aromatic heterocycles.